The minimum Gasteiger partial charge on any atom is -0.436 e. The maximum Gasteiger partial charge on any atom is 0.219 e. The number of ether oxygens (including phenoxy) is 1. The van der Waals surface area contributed by atoms with Crippen LogP contribution >= 0.6 is 0 Å². The SMILES string of the molecule is CC(O)c1ccnc(Oc2cnn(C)c2)c1. The Bertz CT molecular complexity index is 480. The molecule has 0 aliphatic heterocycles. The van der Waals surface area contributed by atoms with Gasteiger partial charge in [-0.05, 0) is 18.6 Å². The van der Waals surface area contributed by atoms with Crippen LogP contribution in [0.1, 0.15) is 18.6 Å². The maximum atomic E-state index is 9.42. The van der Waals surface area contributed by atoms with Gasteiger partial charge in [-0.3, -0.25) is 4.68 Å². The van der Waals surface area contributed by atoms with Crippen molar-refractivity contribution in [3.8, 4) is 11.6 Å². The van der Waals surface area contributed by atoms with Crippen LogP contribution in [0.25, 0.3) is 0 Å². The highest BCUT2D eigenvalue weighted by atomic mass is 16.5. The molecule has 0 aromatic carbocycles. The number of hydrogen-bond acceptors (Lipinski definition) is 4. The molecule has 0 saturated heterocycles. The van der Waals surface area contributed by atoms with Crippen LogP contribution in [-0.2, 0) is 7.05 Å². The lowest BCUT2D eigenvalue weighted by molar-refractivity contribution is 0.198. The predicted molar refractivity (Wildman–Crippen MR) is 58.2 cm³/mol. The molecule has 2 heterocycles. The Hall–Kier alpha value is -1.88. The van der Waals surface area contributed by atoms with Crippen molar-refractivity contribution in [2.45, 2.75) is 13.0 Å². The molecule has 0 saturated carbocycles. The summed E-state index contributed by atoms with van der Waals surface area (Å²) in [5.41, 5.74) is 0.772. The number of aryl methyl sites for hydroxylation is 1. The van der Waals surface area contributed by atoms with Gasteiger partial charge in [0.1, 0.15) is 0 Å². The third-order valence-electron chi connectivity index (χ3n) is 2.14. The van der Waals surface area contributed by atoms with Crippen molar-refractivity contribution in [3.63, 3.8) is 0 Å². The lowest BCUT2D eigenvalue weighted by Gasteiger charge is -2.06. The quantitative estimate of drug-likeness (QED) is 0.852. The molecule has 1 unspecified atom stereocenters. The standard InChI is InChI=1S/C11H13N3O2/c1-8(15)9-3-4-12-11(5-9)16-10-6-13-14(2)7-10/h3-8,15H,1-2H3. The summed E-state index contributed by atoms with van der Waals surface area (Å²) >= 11 is 0. The van der Waals surface area contributed by atoms with Gasteiger partial charge in [0, 0.05) is 19.3 Å². The molecule has 2 aromatic heterocycles. The Balaban J connectivity index is 2.18. The van der Waals surface area contributed by atoms with Gasteiger partial charge >= 0.3 is 0 Å². The van der Waals surface area contributed by atoms with Gasteiger partial charge in [0.25, 0.3) is 0 Å². The molecule has 0 radical (unpaired) electrons. The first-order valence-corrected chi connectivity index (χ1v) is 4.95. The molecule has 2 rings (SSSR count). The van der Waals surface area contributed by atoms with Gasteiger partial charge in [-0.25, -0.2) is 4.98 Å². The highest BCUT2D eigenvalue weighted by molar-refractivity contribution is 5.26. The fourth-order valence-corrected chi connectivity index (χ4v) is 1.31. The number of hydrogen-bond donors (Lipinski definition) is 1. The van der Waals surface area contributed by atoms with E-state index < -0.39 is 6.10 Å². The second kappa shape index (κ2) is 4.32. The smallest absolute Gasteiger partial charge is 0.219 e. The average Bonchev–Trinajstić information content (AvgIpc) is 2.64. The molecule has 1 atom stereocenters. The molecule has 0 spiro atoms. The van der Waals surface area contributed by atoms with E-state index in [9.17, 15) is 5.11 Å². The maximum absolute atomic E-state index is 9.42. The van der Waals surface area contributed by atoms with Crippen molar-refractivity contribution < 1.29 is 9.84 Å². The van der Waals surface area contributed by atoms with Crippen LogP contribution in [0.3, 0.4) is 0 Å². The Kier molecular flexibility index (Phi) is 2.87. The first-order valence-electron chi connectivity index (χ1n) is 4.95. The zero-order valence-electron chi connectivity index (χ0n) is 9.16. The first-order chi connectivity index (χ1) is 7.65. The third kappa shape index (κ3) is 2.38. The van der Waals surface area contributed by atoms with E-state index in [1.165, 1.54) is 0 Å². The molecule has 0 bridgehead atoms. The van der Waals surface area contributed by atoms with Crippen LogP contribution in [0.5, 0.6) is 11.6 Å². The van der Waals surface area contributed by atoms with Gasteiger partial charge in [-0.15, -0.1) is 0 Å². The summed E-state index contributed by atoms with van der Waals surface area (Å²) in [6.07, 6.45) is 4.43. The summed E-state index contributed by atoms with van der Waals surface area (Å²) in [5, 5.41) is 13.4. The summed E-state index contributed by atoms with van der Waals surface area (Å²) in [6, 6.07) is 3.46. The van der Waals surface area contributed by atoms with E-state index in [1.807, 2.05) is 7.05 Å². The van der Waals surface area contributed by atoms with E-state index in [0.717, 1.165) is 5.56 Å². The van der Waals surface area contributed by atoms with E-state index in [1.54, 1.807) is 42.3 Å². The van der Waals surface area contributed by atoms with Crippen LogP contribution in [0.2, 0.25) is 0 Å². The molecule has 5 nitrogen and oxygen atoms in total. The van der Waals surface area contributed by atoms with Crippen LogP contribution in [0, 0.1) is 0 Å². The predicted octanol–water partition coefficient (Wildman–Crippen LogP) is 1.66. The summed E-state index contributed by atoms with van der Waals surface area (Å²) in [7, 11) is 1.81. The van der Waals surface area contributed by atoms with Crippen LogP contribution < -0.4 is 4.74 Å². The van der Waals surface area contributed by atoms with Crippen molar-refractivity contribution in [1.29, 1.82) is 0 Å². The van der Waals surface area contributed by atoms with Gasteiger partial charge in [-0.1, -0.05) is 0 Å². The zero-order valence-corrected chi connectivity index (χ0v) is 9.16. The largest absolute Gasteiger partial charge is 0.436 e. The van der Waals surface area contributed by atoms with Crippen molar-refractivity contribution in [2.24, 2.45) is 7.05 Å². The van der Waals surface area contributed by atoms with Gasteiger partial charge in [-0.2, -0.15) is 5.10 Å². The van der Waals surface area contributed by atoms with Gasteiger partial charge in [0.2, 0.25) is 5.88 Å². The Morgan fingerprint density at radius 3 is 2.94 bits per heavy atom. The minimum atomic E-state index is -0.528. The Morgan fingerprint density at radius 2 is 2.31 bits per heavy atom. The molecule has 5 heteroatoms. The molecule has 0 aliphatic rings. The Morgan fingerprint density at radius 1 is 1.50 bits per heavy atom. The first kappa shape index (κ1) is 10.6. The summed E-state index contributed by atoms with van der Waals surface area (Å²) in [5.74, 6) is 1.07. The number of aromatic nitrogens is 3. The average molecular weight is 219 g/mol. The second-order valence-corrected chi connectivity index (χ2v) is 3.56. The molecular formula is C11H13N3O2. The molecule has 0 fully saturated rings. The normalized spacial score (nSPS) is 12.4. The monoisotopic (exact) mass is 219 g/mol. The molecule has 84 valence electrons. The number of nitrogens with zero attached hydrogens (tertiary/aromatic N) is 3. The van der Waals surface area contributed by atoms with Crippen molar-refractivity contribution in [1.82, 2.24) is 14.8 Å². The number of pyridine rings is 1. The van der Waals surface area contributed by atoms with E-state index in [2.05, 4.69) is 10.1 Å². The fraction of sp³-hybridized carbons (Fsp3) is 0.273. The second-order valence-electron chi connectivity index (χ2n) is 3.56. The van der Waals surface area contributed by atoms with Crippen molar-refractivity contribution in [2.75, 3.05) is 0 Å². The van der Waals surface area contributed by atoms with E-state index >= 15 is 0 Å². The van der Waals surface area contributed by atoms with Crippen molar-refractivity contribution in [3.05, 3.63) is 36.3 Å². The lowest BCUT2D eigenvalue weighted by Crippen LogP contribution is -1.93. The van der Waals surface area contributed by atoms with E-state index in [0.29, 0.717) is 11.6 Å². The highest BCUT2D eigenvalue weighted by Crippen LogP contribution is 2.21. The van der Waals surface area contributed by atoms with Crippen molar-refractivity contribution >= 4 is 0 Å². The van der Waals surface area contributed by atoms with Crippen LogP contribution in [0.15, 0.2) is 30.7 Å². The van der Waals surface area contributed by atoms with E-state index in [-0.39, 0.29) is 0 Å². The molecule has 2 aromatic rings. The van der Waals surface area contributed by atoms with E-state index in [4.69, 9.17) is 4.74 Å². The minimum absolute atomic E-state index is 0.450. The van der Waals surface area contributed by atoms with Crippen LogP contribution in [0.4, 0.5) is 0 Å². The molecular weight excluding hydrogens is 206 g/mol. The summed E-state index contributed by atoms with van der Waals surface area (Å²) < 4.78 is 7.13. The van der Waals surface area contributed by atoms with Gasteiger partial charge in [0.15, 0.2) is 5.75 Å². The molecule has 16 heavy (non-hydrogen) atoms. The number of rotatable bonds is 3. The zero-order chi connectivity index (χ0) is 11.5. The molecule has 0 aliphatic carbocycles. The van der Waals surface area contributed by atoms with Gasteiger partial charge < -0.3 is 9.84 Å². The highest BCUT2D eigenvalue weighted by Gasteiger charge is 2.05. The Labute approximate surface area is 93.3 Å². The summed E-state index contributed by atoms with van der Waals surface area (Å²) in [4.78, 5) is 4.06. The summed E-state index contributed by atoms with van der Waals surface area (Å²) in [6.45, 7) is 1.70. The number of aliphatic hydroxyl groups excluding tert-OH is 1. The van der Waals surface area contributed by atoms with Gasteiger partial charge in [0.05, 0.1) is 18.5 Å². The molecule has 0 amide bonds. The molecule has 1 N–H and O–H groups in total. The fourth-order valence-electron chi connectivity index (χ4n) is 1.31. The third-order valence-corrected chi connectivity index (χ3v) is 2.14. The topological polar surface area (TPSA) is 60.2 Å². The number of aliphatic hydroxyl groups is 1. The lowest BCUT2D eigenvalue weighted by atomic mass is 10.2. The van der Waals surface area contributed by atoms with Crippen LogP contribution in [-0.4, -0.2) is 19.9 Å².